The van der Waals surface area contributed by atoms with Gasteiger partial charge in [0.15, 0.2) is 5.82 Å². The quantitative estimate of drug-likeness (QED) is 0.329. The van der Waals surface area contributed by atoms with Crippen molar-refractivity contribution >= 4 is 11.8 Å². The summed E-state index contributed by atoms with van der Waals surface area (Å²) in [5, 5.41) is 7.81. The standard InChI is InChI=1S/C24H30F3N3O4/c1-3-5-13-33-23-20(24(25,26)27)15-21(28-29-23)30-16-19(34-18-9-7-6-8-10-18)14-17(30)11-12-22(31)32-4-2/h6-10,15,17,19H,3-5,11-14,16H2,1-2H3/t17-,19-/m1/s1. The van der Waals surface area contributed by atoms with Gasteiger partial charge in [-0.15, -0.1) is 10.2 Å². The molecule has 1 aromatic carbocycles. The van der Waals surface area contributed by atoms with Gasteiger partial charge in [-0.1, -0.05) is 31.5 Å². The van der Waals surface area contributed by atoms with Crippen LogP contribution in [0, 0.1) is 0 Å². The highest BCUT2D eigenvalue weighted by Gasteiger charge is 2.39. The molecule has 3 rings (SSSR count). The maximum atomic E-state index is 13.8. The lowest BCUT2D eigenvalue weighted by Gasteiger charge is -2.25. The molecule has 1 fully saturated rings. The zero-order chi connectivity index (χ0) is 24.6. The molecule has 0 radical (unpaired) electrons. The van der Waals surface area contributed by atoms with E-state index in [-0.39, 0.29) is 43.6 Å². The van der Waals surface area contributed by atoms with Crippen LogP contribution >= 0.6 is 0 Å². The zero-order valence-electron chi connectivity index (χ0n) is 19.4. The average Bonchev–Trinajstić information content (AvgIpc) is 3.21. The number of alkyl halides is 3. The number of ether oxygens (including phenoxy) is 3. The van der Waals surface area contributed by atoms with Crippen LogP contribution in [-0.4, -0.2) is 48.1 Å². The molecule has 0 spiro atoms. The maximum absolute atomic E-state index is 13.8. The van der Waals surface area contributed by atoms with Crippen molar-refractivity contribution in [1.29, 1.82) is 0 Å². The van der Waals surface area contributed by atoms with Crippen molar-refractivity contribution in [2.24, 2.45) is 0 Å². The molecule has 7 nitrogen and oxygen atoms in total. The lowest BCUT2D eigenvalue weighted by Crippen LogP contribution is -2.32. The van der Waals surface area contributed by atoms with E-state index in [1.807, 2.05) is 37.3 Å². The minimum absolute atomic E-state index is 0.0724. The number of anilines is 1. The highest BCUT2D eigenvalue weighted by atomic mass is 19.4. The SMILES string of the molecule is CCCCOc1nnc(N2C[C@H](Oc3ccccc3)C[C@H]2CCC(=O)OCC)cc1C(F)(F)F. The highest BCUT2D eigenvalue weighted by molar-refractivity contribution is 5.69. The molecule has 0 amide bonds. The number of para-hydroxylation sites is 1. The Bertz CT molecular complexity index is 927. The van der Waals surface area contributed by atoms with Crippen LogP contribution in [0.3, 0.4) is 0 Å². The van der Waals surface area contributed by atoms with Gasteiger partial charge < -0.3 is 19.1 Å². The largest absolute Gasteiger partial charge is 0.489 e. The van der Waals surface area contributed by atoms with Crippen molar-refractivity contribution in [2.75, 3.05) is 24.7 Å². The minimum Gasteiger partial charge on any atom is -0.489 e. The summed E-state index contributed by atoms with van der Waals surface area (Å²) in [4.78, 5) is 13.6. The number of nitrogens with zero attached hydrogens (tertiary/aromatic N) is 3. The Morgan fingerprint density at radius 1 is 1.18 bits per heavy atom. The maximum Gasteiger partial charge on any atom is 0.421 e. The van der Waals surface area contributed by atoms with Gasteiger partial charge in [0.25, 0.3) is 0 Å². The lowest BCUT2D eigenvalue weighted by atomic mass is 10.1. The van der Waals surface area contributed by atoms with Crippen molar-refractivity contribution in [3.05, 3.63) is 42.0 Å². The average molecular weight is 482 g/mol. The fraction of sp³-hybridized carbons (Fsp3) is 0.542. The van der Waals surface area contributed by atoms with Gasteiger partial charge in [0.05, 0.1) is 19.8 Å². The second-order valence-electron chi connectivity index (χ2n) is 8.06. The van der Waals surface area contributed by atoms with Gasteiger partial charge in [-0.05, 0) is 31.9 Å². The summed E-state index contributed by atoms with van der Waals surface area (Å²) in [6.07, 6.45) is -2.48. The summed E-state index contributed by atoms with van der Waals surface area (Å²) in [6.45, 7) is 4.35. The Morgan fingerprint density at radius 3 is 2.62 bits per heavy atom. The Hall–Kier alpha value is -3.04. The number of rotatable bonds is 11. The van der Waals surface area contributed by atoms with Crippen LogP contribution in [-0.2, 0) is 15.7 Å². The van der Waals surface area contributed by atoms with Gasteiger partial charge in [0.1, 0.15) is 17.4 Å². The number of carbonyl (C=O) groups is 1. The molecule has 0 N–H and O–H groups in total. The van der Waals surface area contributed by atoms with Crippen molar-refractivity contribution < 1.29 is 32.2 Å². The topological polar surface area (TPSA) is 73.8 Å². The monoisotopic (exact) mass is 481 g/mol. The third kappa shape index (κ3) is 6.98. The van der Waals surface area contributed by atoms with Gasteiger partial charge in [-0.2, -0.15) is 13.2 Å². The molecular weight excluding hydrogens is 451 g/mol. The number of esters is 1. The molecule has 186 valence electrons. The Kier molecular flexibility index (Phi) is 8.95. The molecule has 1 aliphatic rings. The van der Waals surface area contributed by atoms with E-state index in [1.54, 1.807) is 11.8 Å². The normalized spacial score (nSPS) is 18.1. The van der Waals surface area contributed by atoms with Crippen molar-refractivity contribution in [1.82, 2.24) is 10.2 Å². The molecule has 0 unspecified atom stereocenters. The van der Waals surface area contributed by atoms with Crippen LogP contribution in [0.2, 0.25) is 0 Å². The lowest BCUT2D eigenvalue weighted by molar-refractivity contribution is -0.143. The van der Waals surface area contributed by atoms with Crippen LogP contribution < -0.4 is 14.4 Å². The number of aromatic nitrogens is 2. The first kappa shape index (κ1) is 25.6. The first-order chi connectivity index (χ1) is 16.3. The van der Waals surface area contributed by atoms with E-state index in [0.29, 0.717) is 31.6 Å². The van der Waals surface area contributed by atoms with E-state index in [9.17, 15) is 18.0 Å². The van der Waals surface area contributed by atoms with Crippen LogP contribution in [0.5, 0.6) is 11.6 Å². The molecule has 2 aromatic rings. The molecule has 10 heteroatoms. The van der Waals surface area contributed by atoms with Gasteiger partial charge in [0, 0.05) is 24.9 Å². The Balaban J connectivity index is 1.83. The molecule has 1 aliphatic heterocycles. The number of carbonyl (C=O) groups excluding carboxylic acids is 1. The molecule has 0 bridgehead atoms. The van der Waals surface area contributed by atoms with E-state index < -0.39 is 17.6 Å². The fourth-order valence-electron chi connectivity index (χ4n) is 3.86. The molecule has 1 saturated heterocycles. The van der Waals surface area contributed by atoms with E-state index in [2.05, 4.69) is 10.2 Å². The van der Waals surface area contributed by atoms with Crippen LogP contribution in [0.15, 0.2) is 36.4 Å². The van der Waals surface area contributed by atoms with Gasteiger partial charge in [0.2, 0.25) is 5.88 Å². The Labute approximate surface area is 197 Å². The van der Waals surface area contributed by atoms with Crippen molar-refractivity contribution in [3.8, 4) is 11.6 Å². The number of hydrogen-bond acceptors (Lipinski definition) is 7. The number of unbranched alkanes of at least 4 members (excludes halogenated alkanes) is 1. The van der Waals surface area contributed by atoms with Crippen LogP contribution in [0.25, 0.3) is 0 Å². The van der Waals surface area contributed by atoms with Crippen molar-refractivity contribution in [3.63, 3.8) is 0 Å². The third-order valence-corrected chi connectivity index (χ3v) is 5.49. The molecule has 34 heavy (non-hydrogen) atoms. The number of halogens is 3. The minimum atomic E-state index is -4.65. The summed E-state index contributed by atoms with van der Waals surface area (Å²) in [7, 11) is 0. The summed E-state index contributed by atoms with van der Waals surface area (Å²) < 4.78 is 57.6. The predicted molar refractivity (Wildman–Crippen MR) is 120 cm³/mol. The highest BCUT2D eigenvalue weighted by Crippen LogP contribution is 2.38. The zero-order valence-corrected chi connectivity index (χ0v) is 19.4. The molecule has 2 atom stereocenters. The van der Waals surface area contributed by atoms with Gasteiger partial charge in [-0.3, -0.25) is 4.79 Å². The van der Waals surface area contributed by atoms with E-state index >= 15 is 0 Å². The van der Waals surface area contributed by atoms with Gasteiger partial charge in [-0.25, -0.2) is 0 Å². The van der Waals surface area contributed by atoms with Gasteiger partial charge >= 0.3 is 12.1 Å². The summed E-state index contributed by atoms with van der Waals surface area (Å²) >= 11 is 0. The predicted octanol–water partition coefficient (Wildman–Crippen LogP) is 5.04. The molecule has 0 aliphatic carbocycles. The number of hydrogen-bond donors (Lipinski definition) is 0. The molecule has 2 heterocycles. The molecular formula is C24H30F3N3O4. The van der Waals surface area contributed by atoms with Crippen molar-refractivity contribution in [2.45, 2.75) is 64.3 Å². The van der Waals surface area contributed by atoms with Crippen LogP contribution in [0.1, 0.15) is 51.5 Å². The fourth-order valence-corrected chi connectivity index (χ4v) is 3.86. The van der Waals surface area contributed by atoms with Crippen LogP contribution in [0.4, 0.5) is 19.0 Å². The third-order valence-electron chi connectivity index (χ3n) is 5.49. The first-order valence-electron chi connectivity index (χ1n) is 11.5. The second kappa shape index (κ2) is 11.9. The summed E-state index contributed by atoms with van der Waals surface area (Å²) in [6, 6.07) is 9.91. The molecule has 1 aromatic heterocycles. The molecule has 0 saturated carbocycles. The van der Waals surface area contributed by atoms with E-state index in [0.717, 1.165) is 12.5 Å². The summed E-state index contributed by atoms with van der Waals surface area (Å²) in [5.74, 6) is -0.135. The smallest absolute Gasteiger partial charge is 0.421 e. The summed E-state index contributed by atoms with van der Waals surface area (Å²) in [5.41, 5.74) is -0.967. The Morgan fingerprint density at radius 2 is 1.94 bits per heavy atom. The van der Waals surface area contributed by atoms with E-state index in [1.165, 1.54) is 0 Å². The van der Waals surface area contributed by atoms with E-state index in [4.69, 9.17) is 14.2 Å². The first-order valence-corrected chi connectivity index (χ1v) is 11.5. The second-order valence-corrected chi connectivity index (χ2v) is 8.06. The number of benzene rings is 1.